The summed E-state index contributed by atoms with van der Waals surface area (Å²) in [4.78, 5) is 30.4. The molecule has 27 heavy (non-hydrogen) atoms. The number of benzene rings is 2. The van der Waals surface area contributed by atoms with Crippen LogP contribution in [0.2, 0.25) is 0 Å². The average Bonchev–Trinajstić information content (AvgIpc) is 3.34. The first-order valence-corrected chi connectivity index (χ1v) is 9.71. The predicted molar refractivity (Wildman–Crippen MR) is 107 cm³/mol. The fourth-order valence-corrected chi connectivity index (χ4v) is 4.04. The minimum atomic E-state index is -0.480. The number of carbonyl (C=O) groups is 2. The van der Waals surface area contributed by atoms with E-state index in [2.05, 4.69) is 20.9 Å². The number of H-pyrrole nitrogens is 1. The molecule has 4 rings (SSSR count). The first kappa shape index (κ1) is 17.8. The van der Waals surface area contributed by atoms with Gasteiger partial charge in [-0.25, -0.2) is 4.79 Å². The molecule has 3 aromatic rings. The third-order valence-electron chi connectivity index (χ3n) is 4.93. The Kier molecular flexibility index (Phi) is 4.99. The monoisotopic (exact) mass is 426 g/mol. The number of nitrogens with zero attached hydrogens (tertiary/aromatic N) is 1. The third-order valence-corrected chi connectivity index (χ3v) is 5.59. The largest absolute Gasteiger partial charge is 0.445 e. The van der Waals surface area contributed by atoms with Crippen molar-refractivity contribution in [2.24, 2.45) is 0 Å². The number of rotatable bonds is 4. The SMILES string of the molecule is O=C(c1c[nH]c2c(Br)cccc12)[C@@H]1CCCN1C(=O)OCc1ccccc1. The smallest absolute Gasteiger partial charge is 0.410 e. The molecular weight excluding hydrogens is 408 g/mol. The average molecular weight is 427 g/mol. The van der Waals surface area contributed by atoms with Crippen LogP contribution in [0.25, 0.3) is 10.9 Å². The number of halogens is 1. The van der Waals surface area contributed by atoms with Crippen LogP contribution >= 0.6 is 15.9 Å². The van der Waals surface area contributed by atoms with Crippen molar-refractivity contribution in [3.63, 3.8) is 0 Å². The zero-order valence-electron chi connectivity index (χ0n) is 14.7. The Morgan fingerprint density at radius 1 is 1.15 bits per heavy atom. The minimum Gasteiger partial charge on any atom is -0.445 e. The van der Waals surface area contributed by atoms with Gasteiger partial charge in [0.15, 0.2) is 5.78 Å². The van der Waals surface area contributed by atoms with E-state index in [-0.39, 0.29) is 12.4 Å². The van der Waals surface area contributed by atoms with Crippen molar-refractivity contribution < 1.29 is 14.3 Å². The van der Waals surface area contributed by atoms with Gasteiger partial charge in [0.05, 0.1) is 11.6 Å². The molecule has 0 saturated carbocycles. The van der Waals surface area contributed by atoms with Gasteiger partial charge in [-0.15, -0.1) is 0 Å². The maximum atomic E-state index is 13.1. The van der Waals surface area contributed by atoms with Crippen molar-refractivity contribution in [3.8, 4) is 0 Å². The minimum absolute atomic E-state index is 0.0477. The highest BCUT2D eigenvalue weighted by molar-refractivity contribution is 9.10. The van der Waals surface area contributed by atoms with Gasteiger partial charge in [-0.1, -0.05) is 42.5 Å². The standard InChI is InChI=1S/C21H19BrN2O3/c22-17-9-4-8-15-16(12-23-19(15)17)20(25)18-10-5-11-24(18)21(26)27-13-14-6-2-1-3-7-14/h1-4,6-9,12,18,23H,5,10-11,13H2/t18-/m0/s1. The van der Waals surface area contributed by atoms with Crippen LogP contribution in [0, 0.1) is 0 Å². The maximum Gasteiger partial charge on any atom is 0.410 e. The highest BCUT2D eigenvalue weighted by atomic mass is 79.9. The molecule has 1 saturated heterocycles. The fourth-order valence-electron chi connectivity index (χ4n) is 3.56. The summed E-state index contributed by atoms with van der Waals surface area (Å²) in [6.07, 6.45) is 2.74. The van der Waals surface area contributed by atoms with Crippen LogP contribution in [-0.2, 0) is 11.3 Å². The zero-order valence-corrected chi connectivity index (χ0v) is 16.2. The maximum absolute atomic E-state index is 13.1. The number of hydrogen-bond donors (Lipinski definition) is 1. The lowest BCUT2D eigenvalue weighted by molar-refractivity contribution is 0.0739. The number of para-hydroxylation sites is 1. The van der Waals surface area contributed by atoms with Crippen LogP contribution < -0.4 is 0 Å². The van der Waals surface area contributed by atoms with E-state index in [0.717, 1.165) is 27.4 Å². The number of fused-ring (bicyclic) bond motifs is 1. The lowest BCUT2D eigenvalue weighted by atomic mass is 10.0. The van der Waals surface area contributed by atoms with Crippen LogP contribution in [0.1, 0.15) is 28.8 Å². The van der Waals surface area contributed by atoms with Gasteiger partial charge in [0.1, 0.15) is 6.61 Å². The lowest BCUT2D eigenvalue weighted by Gasteiger charge is -2.23. The molecule has 138 valence electrons. The second-order valence-corrected chi connectivity index (χ2v) is 7.47. The summed E-state index contributed by atoms with van der Waals surface area (Å²) in [7, 11) is 0. The topological polar surface area (TPSA) is 62.4 Å². The number of amides is 1. The summed E-state index contributed by atoms with van der Waals surface area (Å²) in [6.45, 7) is 0.743. The van der Waals surface area contributed by atoms with E-state index in [1.807, 2.05) is 48.5 Å². The molecule has 0 bridgehead atoms. The van der Waals surface area contributed by atoms with Crippen molar-refractivity contribution in [2.75, 3.05) is 6.54 Å². The molecule has 6 heteroatoms. The van der Waals surface area contributed by atoms with Crippen molar-refractivity contribution in [1.29, 1.82) is 0 Å². The molecule has 1 N–H and O–H groups in total. The molecule has 2 heterocycles. The summed E-state index contributed by atoms with van der Waals surface area (Å²) in [6, 6.07) is 14.8. The number of Topliss-reactive ketones (excluding diaryl/α,β-unsaturated/α-hetero) is 1. The van der Waals surface area contributed by atoms with Crippen LogP contribution in [-0.4, -0.2) is 34.3 Å². The van der Waals surface area contributed by atoms with E-state index in [0.29, 0.717) is 18.5 Å². The van der Waals surface area contributed by atoms with Crippen molar-refractivity contribution >= 4 is 38.7 Å². The number of likely N-dealkylation sites (tertiary alicyclic amines) is 1. The summed E-state index contributed by atoms with van der Waals surface area (Å²) in [5, 5.41) is 0.860. The summed E-state index contributed by atoms with van der Waals surface area (Å²) in [5.74, 6) is -0.0477. The Morgan fingerprint density at radius 3 is 2.78 bits per heavy atom. The normalized spacial score (nSPS) is 16.6. The van der Waals surface area contributed by atoms with Gasteiger partial charge in [0.25, 0.3) is 0 Å². The molecule has 1 amide bonds. The Bertz CT molecular complexity index is 984. The van der Waals surface area contributed by atoms with E-state index < -0.39 is 12.1 Å². The van der Waals surface area contributed by atoms with Crippen LogP contribution in [0.4, 0.5) is 4.79 Å². The van der Waals surface area contributed by atoms with Crippen molar-refractivity contribution in [3.05, 3.63) is 70.3 Å². The van der Waals surface area contributed by atoms with E-state index in [9.17, 15) is 9.59 Å². The molecule has 0 spiro atoms. The number of ketones is 1. The zero-order chi connectivity index (χ0) is 18.8. The molecule has 1 aliphatic rings. The molecule has 5 nitrogen and oxygen atoms in total. The highest BCUT2D eigenvalue weighted by Gasteiger charge is 2.36. The second kappa shape index (κ2) is 7.56. The van der Waals surface area contributed by atoms with Gasteiger partial charge in [-0.2, -0.15) is 0 Å². The Labute approximate surface area is 165 Å². The van der Waals surface area contributed by atoms with Crippen molar-refractivity contribution in [1.82, 2.24) is 9.88 Å². The number of hydrogen-bond acceptors (Lipinski definition) is 3. The van der Waals surface area contributed by atoms with Crippen LogP contribution in [0.3, 0.4) is 0 Å². The molecule has 2 aromatic carbocycles. The fraction of sp³-hybridized carbons (Fsp3) is 0.238. The number of aromatic amines is 1. The highest BCUT2D eigenvalue weighted by Crippen LogP contribution is 2.29. The first-order valence-electron chi connectivity index (χ1n) is 8.92. The number of aromatic nitrogens is 1. The van der Waals surface area contributed by atoms with E-state index in [4.69, 9.17) is 4.74 Å². The van der Waals surface area contributed by atoms with Crippen LogP contribution in [0.15, 0.2) is 59.2 Å². The Balaban J connectivity index is 1.51. The quantitative estimate of drug-likeness (QED) is 0.602. The third kappa shape index (κ3) is 3.49. The molecule has 1 atom stereocenters. The van der Waals surface area contributed by atoms with Crippen LogP contribution in [0.5, 0.6) is 0 Å². The molecular formula is C21H19BrN2O3. The van der Waals surface area contributed by atoms with E-state index in [1.165, 1.54) is 0 Å². The predicted octanol–water partition coefficient (Wildman–Crippen LogP) is 4.91. The van der Waals surface area contributed by atoms with E-state index in [1.54, 1.807) is 11.1 Å². The van der Waals surface area contributed by atoms with Crippen molar-refractivity contribution in [2.45, 2.75) is 25.5 Å². The van der Waals surface area contributed by atoms with E-state index >= 15 is 0 Å². The second-order valence-electron chi connectivity index (χ2n) is 6.62. The van der Waals surface area contributed by atoms with Gasteiger partial charge in [0, 0.05) is 28.2 Å². The van der Waals surface area contributed by atoms with Gasteiger partial charge in [-0.3, -0.25) is 9.69 Å². The van der Waals surface area contributed by atoms with Gasteiger partial charge < -0.3 is 9.72 Å². The summed E-state index contributed by atoms with van der Waals surface area (Å²) in [5.41, 5.74) is 2.42. The molecule has 0 radical (unpaired) electrons. The molecule has 1 fully saturated rings. The number of nitrogens with one attached hydrogen (secondary N) is 1. The first-order chi connectivity index (χ1) is 13.1. The number of carbonyl (C=O) groups excluding carboxylic acids is 2. The van der Waals surface area contributed by atoms with Gasteiger partial charge in [-0.05, 0) is 40.4 Å². The van der Waals surface area contributed by atoms with Gasteiger partial charge >= 0.3 is 6.09 Å². The summed E-state index contributed by atoms with van der Waals surface area (Å²) >= 11 is 3.49. The van der Waals surface area contributed by atoms with Gasteiger partial charge in [0.2, 0.25) is 0 Å². The number of ether oxygens (including phenoxy) is 1. The molecule has 0 aliphatic carbocycles. The molecule has 0 unspecified atom stereocenters. The molecule has 1 aromatic heterocycles. The summed E-state index contributed by atoms with van der Waals surface area (Å²) < 4.78 is 6.34. The Hall–Kier alpha value is -2.60. The Morgan fingerprint density at radius 2 is 1.96 bits per heavy atom. The molecule has 1 aliphatic heterocycles. The lowest BCUT2D eigenvalue weighted by Crippen LogP contribution is -2.40.